The first kappa shape index (κ1) is 8.54. The summed E-state index contributed by atoms with van der Waals surface area (Å²) in [6.45, 7) is 0. The van der Waals surface area contributed by atoms with Gasteiger partial charge in [0.15, 0.2) is 0 Å². The molecule has 3 rings (SSSR count). The van der Waals surface area contributed by atoms with Gasteiger partial charge in [0.1, 0.15) is 7.85 Å². The van der Waals surface area contributed by atoms with Crippen molar-refractivity contribution >= 4 is 34.9 Å². The van der Waals surface area contributed by atoms with Crippen molar-refractivity contribution in [2.75, 3.05) is 0 Å². The van der Waals surface area contributed by atoms with Crippen LogP contribution in [0.2, 0.25) is 0 Å². The molecule has 3 aromatic rings. The van der Waals surface area contributed by atoms with Crippen LogP contribution < -0.4 is 5.46 Å². The standard InChI is InChI=1S/C14H9B/c15-14-9-10-5-1-2-6-11(10)12-7-3-4-8-13(12)14/h1-9H. The fourth-order valence-electron chi connectivity index (χ4n) is 2.08. The van der Waals surface area contributed by atoms with Crippen LogP contribution in [-0.2, 0) is 0 Å². The summed E-state index contributed by atoms with van der Waals surface area (Å²) in [5.41, 5.74) is 0.851. The van der Waals surface area contributed by atoms with Crippen molar-refractivity contribution in [2.24, 2.45) is 0 Å². The molecule has 0 saturated carbocycles. The van der Waals surface area contributed by atoms with E-state index in [4.69, 9.17) is 7.85 Å². The van der Waals surface area contributed by atoms with E-state index >= 15 is 0 Å². The maximum absolute atomic E-state index is 6.02. The van der Waals surface area contributed by atoms with Crippen LogP contribution in [0, 0.1) is 0 Å². The van der Waals surface area contributed by atoms with Crippen LogP contribution in [0.15, 0.2) is 54.6 Å². The largest absolute Gasteiger partial charge is 0.114 e. The summed E-state index contributed by atoms with van der Waals surface area (Å²) < 4.78 is 0. The highest BCUT2D eigenvalue weighted by Crippen LogP contribution is 2.22. The molecule has 2 radical (unpaired) electrons. The average molecular weight is 188 g/mol. The molecule has 3 aromatic carbocycles. The Balaban J connectivity index is 2.64. The van der Waals surface area contributed by atoms with Gasteiger partial charge in [-0.05, 0) is 21.5 Å². The number of benzene rings is 3. The fourth-order valence-corrected chi connectivity index (χ4v) is 2.08. The minimum atomic E-state index is 0.851. The molecule has 0 saturated heterocycles. The van der Waals surface area contributed by atoms with Gasteiger partial charge in [0.2, 0.25) is 0 Å². The molecule has 0 unspecified atom stereocenters. The highest BCUT2D eigenvalue weighted by Gasteiger charge is 2.01. The third-order valence-corrected chi connectivity index (χ3v) is 2.80. The highest BCUT2D eigenvalue weighted by atomic mass is 14.0. The minimum Gasteiger partial charge on any atom is -0.0883 e. The summed E-state index contributed by atoms with van der Waals surface area (Å²) >= 11 is 0. The smallest absolute Gasteiger partial charge is 0.0883 e. The van der Waals surface area contributed by atoms with Gasteiger partial charge in [-0.2, -0.15) is 0 Å². The van der Waals surface area contributed by atoms with E-state index in [2.05, 4.69) is 30.3 Å². The van der Waals surface area contributed by atoms with E-state index in [0.29, 0.717) is 0 Å². The Morgan fingerprint density at radius 2 is 1.27 bits per heavy atom. The van der Waals surface area contributed by atoms with Gasteiger partial charge in [0.25, 0.3) is 0 Å². The van der Waals surface area contributed by atoms with Crippen molar-refractivity contribution in [1.29, 1.82) is 0 Å². The van der Waals surface area contributed by atoms with Crippen LogP contribution in [0.5, 0.6) is 0 Å². The molecule has 0 aliphatic rings. The molecule has 0 aromatic heterocycles. The van der Waals surface area contributed by atoms with Crippen molar-refractivity contribution in [2.45, 2.75) is 0 Å². The molecular weight excluding hydrogens is 179 g/mol. The van der Waals surface area contributed by atoms with E-state index in [9.17, 15) is 0 Å². The first-order chi connectivity index (χ1) is 7.36. The van der Waals surface area contributed by atoms with Gasteiger partial charge in [0, 0.05) is 0 Å². The maximum atomic E-state index is 6.02. The van der Waals surface area contributed by atoms with Crippen molar-refractivity contribution in [3.05, 3.63) is 54.6 Å². The molecule has 0 atom stereocenters. The number of fused-ring (bicyclic) bond motifs is 3. The van der Waals surface area contributed by atoms with Gasteiger partial charge < -0.3 is 0 Å². The molecule has 0 aliphatic carbocycles. The summed E-state index contributed by atoms with van der Waals surface area (Å²) in [4.78, 5) is 0. The van der Waals surface area contributed by atoms with E-state index in [0.717, 1.165) is 10.8 Å². The predicted molar refractivity (Wildman–Crippen MR) is 66.8 cm³/mol. The van der Waals surface area contributed by atoms with Crippen molar-refractivity contribution < 1.29 is 0 Å². The second kappa shape index (κ2) is 3.13. The normalized spacial score (nSPS) is 10.9. The van der Waals surface area contributed by atoms with Crippen LogP contribution in [-0.4, -0.2) is 7.85 Å². The van der Waals surface area contributed by atoms with E-state index in [1.165, 1.54) is 16.2 Å². The van der Waals surface area contributed by atoms with Gasteiger partial charge in [-0.15, -0.1) is 0 Å². The molecule has 0 N–H and O–H groups in total. The Hall–Kier alpha value is -1.76. The summed E-state index contributed by atoms with van der Waals surface area (Å²) in [5, 5.41) is 4.83. The van der Waals surface area contributed by atoms with Crippen LogP contribution in [0.1, 0.15) is 0 Å². The molecule has 0 fully saturated rings. The van der Waals surface area contributed by atoms with Crippen LogP contribution >= 0.6 is 0 Å². The van der Waals surface area contributed by atoms with Crippen molar-refractivity contribution in [3.63, 3.8) is 0 Å². The van der Waals surface area contributed by atoms with Gasteiger partial charge >= 0.3 is 0 Å². The van der Waals surface area contributed by atoms with E-state index in [1.807, 2.05) is 24.3 Å². The maximum Gasteiger partial charge on any atom is 0.114 e. The third-order valence-electron chi connectivity index (χ3n) is 2.80. The number of hydrogen-bond donors (Lipinski definition) is 0. The van der Waals surface area contributed by atoms with E-state index < -0.39 is 0 Å². The lowest BCUT2D eigenvalue weighted by Crippen LogP contribution is -2.03. The molecule has 0 amide bonds. The molecule has 0 aliphatic heterocycles. The second-order valence-electron chi connectivity index (χ2n) is 3.73. The van der Waals surface area contributed by atoms with Gasteiger partial charge in [-0.1, -0.05) is 60.1 Å². The van der Waals surface area contributed by atoms with Gasteiger partial charge in [0.05, 0.1) is 0 Å². The zero-order valence-corrected chi connectivity index (χ0v) is 8.27. The van der Waals surface area contributed by atoms with Crippen LogP contribution in [0.3, 0.4) is 0 Å². The Morgan fingerprint density at radius 3 is 2.07 bits per heavy atom. The van der Waals surface area contributed by atoms with Gasteiger partial charge in [-0.3, -0.25) is 0 Å². The molecule has 1 heteroatoms. The van der Waals surface area contributed by atoms with Crippen molar-refractivity contribution in [3.8, 4) is 0 Å². The Bertz CT molecular complexity index is 641. The Kier molecular flexibility index (Phi) is 1.78. The van der Waals surface area contributed by atoms with Crippen molar-refractivity contribution in [1.82, 2.24) is 0 Å². The fraction of sp³-hybridized carbons (Fsp3) is 0. The average Bonchev–Trinajstić information content (AvgIpc) is 2.30. The zero-order chi connectivity index (χ0) is 10.3. The molecule has 0 spiro atoms. The molecule has 68 valence electrons. The first-order valence-corrected chi connectivity index (χ1v) is 5.02. The molecular formula is C14H9B. The lowest BCUT2D eigenvalue weighted by Gasteiger charge is -2.06. The molecule has 0 nitrogen and oxygen atoms in total. The molecule has 0 heterocycles. The number of hydrogen-bond acceptors (Lipinski definition) is 0. The Morgan fingerprint density at radius 1 is 0.667 bits per heavy atom. The second-order valence-corrected chi connectivity index (χ2v) is 3.73. The van der Waals surface area contributed by atoms with Gasteiger partial charge in [-0.25, -0.2) is 0 Å². The summed E-state index contributed by atoms with van der Waals surface area (Å²) in [6, 6.07) is 18.6. The monoisotopic (exact) mass is 188 g/mol. The van der Waals surface area contributed by atoms with E-state index in [1.54, 1.807) is 0 Å². The summed E-state index contributed by atoms with van der Waals surface area (Å²) in [5.74, 6) is 0. The highest BCUT2D eigenvalue weighted by molar-refractivity contribution is 6.41. The zero-order valence-electron chi connectivity index (χ0n) is 8.27. The quantitative estimate of drug-likeness (QED) is 0.376. The SMILES string of the molecule is [B]c1cc2ccccc2c2ccccc12. The van der Waals surface area contributed by atoms with Crippen LogP contribution in [0.25, 0.3) is 21.5 Å². The summed E-state index contributed by atoms with van der Waals surface area (Å²) in [6.07, 6.45) is 0. The van der Waals surface area contributed by atoms with E-state index in [-0.39, 0.29) is 0 Å². The molecule has 15 heavy (non-hydrogen) atoms. The lowest BCUT2D eigenvalue weighted by atomic mass is 9.87. The first-order valence-electron chi connectivity index (χ1n) is 5.02. The predicted octanol–water partition coefficient (Wildman–Crippen LogP) is 2.79. The third kappa shape index (κ3) is 1.24. The molecule has 0 bridgehead atoms. The van der Waals surface area contributed by atoms with Crippen LogP contribution in [0.4, 0.5) is 0 Å². The Labute approximate surface area is 89.9 Å². The lowest BCUT2D eigenvalue weighted by molar-refractivity contribution is 1.78. The number of rotatable bonds is 0. The topological polar surface area (TPSA) is 0 Å². The minimum absolute atomic E-state index is 0.851. The summed E-state index contributed by atoms with van der Waals surface area (Å²) in [7, 11) is 6.02.